The lowest BCUT2D eigenvalue weighted by atomic mass is 10.1. The van der Waals surface area contributed by atoms with Crippen molar-refractivity contribution in [1.82, 2.24) is 4.90 Å². The Kier molecular flexibility index (Phi) is 6.23. The first-order valence-corrected chi connectivity index (χ1v) is 9.89. The fourth-order valence-electron chi connectivity index (χ4n) is 3.30. The zero-order valence-electron chi connectivity index (χ0n) is 16.7. The van der Waals surface area contributed by atoms with E-state index in [0.717, 1.165) is 12.1 Å². The van der Waals surface area contributed by atoms with E-state index < -0.39 is 5.92 Å². The predicted octanol–water partition coefficient (Wildman–Crippen LogP) is 3.60. The number of aryl methyl sites for hydroxylation is 1. The zero-order chi connectivity index (χ0) is 21.1. The molecule has 0 saturated carbocycles. The summed E-state index contributed by atoms with van der Waals surface area (Å²) in [4.78, 5) is 40.4. The molecule has 1 unspecified atom stereocenters. The van der Waals surface area contributed by atoms with Gasteiger partial charge in [-0.15, -0.1) is 0 Å². The molecule has 152 valence electrons. The molecule has 1 aliphatic heterocycles. The lowest BCUT2D eigenvalue weighted by Crippen LogP contribution is -2.28. The minimum Gasteiger partial charge on any atom is -0.345 e. The third-order valence-electron chi connectivity index (χ3n) is 5.02. The fraction of sp³-hybridized carbons (Fsp3) is 0.318. The Morgan fingerprint density at radius 2 is 1.86 bits per heavy atom. The second-order valence-electron chi connectivity index (χ2n) is 7.31. The molecule has 7 heteroatoms. The molecule has 1 atom stereocenters. The van der Waals surface area contributed by atoms with Crippen molar-refractivity contribution in [2.75, 3.05) is 30.9 Å². The van der Waals surface area contributed by atoms with Crippen LogP contribution in [0.15, 0.2) is 42.5 Å². The first-order chi connectivity index (χ1) is 13.8. The quantitative estimate of drug-likeness (QED) is 0.814. The van der Waals surface area contributed by atoms with Gasteiger partial charge in [0.05, 0.1) is 16.5 Å². The van der Waals surface area contributed by atoms with Gasteiger partial charge in [0.2, 0.25) is 11.8 Å². The largest absolute Gasteiger partial charge is 0.345 e. The van der Waals surface area contributed by atoms with Gasteiger partial charge in [-0.05, 0) is 42.3 Å². The van der Waals surface area contributed by atoms with Crippen LogP contribution in [0.2, 0.25) is 5.02 Å². The maximum atomic E-state index is 12.7. The molecule has 3 amide bonds. The molecule has 1 fully saturated rings. The van der Waals surface area contributed by atoms with E-state index in [-0.39, 0.29) is 24.1 Å². The summed E-state index contributed by atoms with van der Waals surface area (Å²) in [5.74, 6) is -1.04. The van der Waals surface area contributed by atoms with Gasteiger partial charge in [-0.2, -0.15) is 0 Å². The number of carbonyl (C=O) groups excluding carboxylic acids is 3. The lowest BCUT2D eigenvalue weighted by Gasteiger charge is -2.17. The highest BCUT2D eigenvalue weighted by molar-refractivity contribution is 6.34. The van der Waals surface area contributed by atoms with E-state index in [1.165, 1.54) is 10.5 Å². The Morgan fingerprint density at radius 1 is 1.17 bits per heavy atom. The first-order valence-electron chi connectivity index (χ1n) is 9.51. The molecule has 1 aliphatic rings. The van der Waals surface area contributed by atoms with Crippen LogP contribution in [-0.4, -0.2) is 43.3 Å². The molecule has 0 aromatic heterocycles. The maximum Gasteiger partial charge on any atom is 0.254 e. The van der Waals surface area contributed by atoms with Crippen molar-refractivity contribution in [3.8, 4) is 0 Å². The van der Waals surface area contributed by atoms with E-state index in [0.29, 0.717) is 22.8 Å². The Balaban J connectivity index is 1.71. The molecule has 29 heavy (non-hydrogen) atoms. The number of carbonyl (C=O) groups is 3. The number of hydrogen-bond donors (Lipinski definition) is 1. The molecule has 2 aromatic carbocycles. The Morgan fingerprint density at radius 3 is 2.48 bits per heavy atom. The third kappa shape index (κ3) is 4.59. The molecule has 0 aliphatic carbocycles. The molecule has 6 nitrogen and oxygen atoms in total. The van der Waals surface area contributed by atoms with Crippen LogP contribution in [0.3, 0.4) is 0 Å². The van der Waals surface area contributed by atoms with Gasteiger partial charge in [0.1, 0.15) is 0 Å². The van der Waals surface area contributed by atoms with Crippen molar-refractivity contribution in [2.45, 2.75) is 19.8 Å². The summed E-state index contributed by atoms with van der Waals surface area (Å²) in [7, 11) is 3.27. The first kappa shape index (κ1) is 20.9. The second-order valence-corrected chi connectivity index (χ2v) is 7.72. The zero-order valence-corrected chi connectivity index (χ0v) is 17.5. The number of nitrogens with one attached hydrogen (secondary N) is 1. The van der Waals surface area contributed by atoms with Gasteiger partial charge in [-0.3, -0.25) is 14.4 Å². The number of nitrogens with zero attached hydrogens (tertiary/aromatic N) is 2. The van der Waals surface area contributed by atoms with Gasteiger partial charge in [0, 0.05) is 38.4 Å². The van der Waals surface area contributed by atoms with E-state index in [1.807, 2.05) is 24.3 Å². The van der Waals surface area contributed by atoms with Crippen molar-refractivity contribution in [3.05, 3.63) is 58.6 Å². The Labute approximate surface area is 175 Å². The molecule has 3 rings (SSSR count). The van der Waals surface area contributed by atoms with E-state index in [4.69, 9.17) is 11.6 Å². The van der Waals surface area contributed by atoms with E-state index in [2.05, 4.69) is 12.2 Å². The molecule has 1 saturated heterocycles. The summed E-state index contributed by atoms with van der Waals surface area (Å²) in [6.07, 6.45) is 1.08. The number of halogens is 1. The molecule has 0 radical (unpaired) electrons. The predicted molar refractivity (Wildman–Crippen MR) is 114 cm³/mol. The summed E-state index contributed by atoms with van der Waals surface area (Å²) in [5, 5.41) is 3.13. The van der Waals surface area contributed by atoms with Gasteiger partial charge in [0.15, 0.2) is 0 Å². The smallest absolute Gasteiger partial charge is 0.254 e. The number of anilines is 2. The molecule has 2 aromatic rings. The van der Waals surface area contributed by atoms with Crippen molar-refractivity contribution in [1.29, 1.82) is 0 Å². The van der Waals surface area contributed by atoms with Gasteiger partial charge in [-0.25, -0.2) is 0 Å². The summed E-state index contributed by atoms with van der Waals surface area (Å²) in [6, 6.07) is 12.6. The highest BCUT2D eigenvalue weighted by atomic mass is 35.5. The van der Waals surface area contributed by atoms with Gasteiger partial charge < -0.3 is 15.1 Å². The SMILES string of the molecule is CCc1ccc(N2CC(C(=O)Nc3ccc(Cl)c(C(=O)N(C)C)c3)CC2=O)cc1. The van der Waals surface area contributed by atoms with Crippen LogP contribution in [-0.2, 0) is 16.0 Å². The Bertz CT molecular complexity index is 941. The number of hydrogen-bond acceptors (Lipinski definition) is 3. The third-order valence-corrected chi connectivity index (χ3v) is 5.35. The summed E-state index contributed by atoms with van der Waals surface area (Å²) in [5.41, 5.74) is 2.78. The van der Waals surface area contributed by atoms with Gasteiger partial charge in [0.25, 0.3) is 5.91 Å². The van der Waals surface area contributed by atoms with Crippen LogP contribution < -0.4 is 10.2 Å². The molecular formula is C22H24ClN3O3. The summed E-state index contributed by atoms with van der Waals surface area (Å²) >= 11 is 6.11. The molecule has 0 spiro atoms. The molecular weight excluding hydrogens is 390 g/mol. The number of amides is 3. The van der Waals surface area contributed by atoms with E-state index in [1.54, 1.807) is 37.2 Å². The minimum absolute atomic E-state index is 0.0750. The standard InChI is InChI=1S/C22H24ClN3O3/c1-4-14-5-8-17(9-6-14)26-13-15(11-20(26)27)21(28)24-16-7-10-19(23)18(12-16)22(29)25(2)3/h5-10,12,15H,4,11,13H2,1-3H3,(H,24,28). The van der Waals surface area contributed by atoms with E-state index >= 15 is 0 Å². The number of benzene rings is 2. The highest BCUT2D eigenvalue weighted by Crippen LogP contribution is 2.27. The van der Waals surface area contributed by atoms with Crippen LogP contribution in [0.4, 0.5) is 11.4 Å². The van der Waals surface area contributed by atoms with Crippen LogP contribution in [0.1, 0.15) is 29.3 Å². The fourth-order valence-corrected chi connectivity index (χ4v) is 3.49. The summed E-state index contributed by atoms with van der Waals surface area (Å²) in [6.45, 7) is 2.40. The average molecular weight is 414 g/mol. The minimum atomic E-state index is -0.461. The summed E-state index contributed by atoms with van der Waals surface area (Å²) < 4.78 is 0. The monoisotopic (exact) mass is 413 g/mol. The normalized spacial score (nSPS) is 16.1. The molecule has 0 bridgehead atoms. The average Bonchev–Trinajstić information content (AvgIpc) is 3.10. The number of rotatable bonds is 5. The van der Waals surface area contributed by atoms with Gasteiger partial charge in [-0.1, -0.05) is 30.7 Å². The lowest BCUT2D eigenvalue weighted by molar-refractivity contribution is -0.122. The van der Waals surface area contributed by atoms with E-state index in [9.17, 15) is 14.4 Å². The van der Waals surface area contributed by atoms with Crippen LogP contribution in [0.25, 0.3) is 0 Å². The van der Waals surface area contributed by atoms with Crippen molar-refractivity contribution >= 4 is 40.7 Å². The Hall–Kier alpha value is -2.86. The van der Waals surface area contributed by atoms with Crippen LogP contribution in [0.5, 0.6) is 0 Å². The van der Waals surface area contributed by atoms with Crippen molar-refractivity contribution in [2.24, 2.45) is 5.92 Å². The topological polar surface area (TPSA) is 69.7 Å². The molecule has 1 N–H and O–H groups in total. The second kappa shape index (κ2) is 8.66. The van der Waals surface area contributed by atoms with Gasteiger partial charge >= 0.3 is 0 Å². The maximum absolute atomic E-state index is 12.7. The van der Waals surface area contributed by atoms with Crippen molar-refractivity contribution < 1.29 is 14.4 Å². The molecule has 1 heterocycles. The van der Waals surface area contributed by atoms with Crippen LogP contribution >= 0.6 is 11.6 Å². The van der Waals surface area contributed by atoms with Crippen molar-refractivity contribution in [3.63, 3.8) is 0 Å². The highest BCUT2D eigenvalue weighted by Gasteiger charge is 2.35. The van der Waals surface area contributed by atoms with Crippen LogP contribution in [0, 0.1) is 5.92 Å².